The van der Waals surface area contributed by atoms with Crippen LogP contribution >= 0.6 is 11.6 Å². The summed E-state index contributed by atoms with van der Waals surface area (Å²) in [6, 6.07) is 2.54. The summed E-state index contributed by atoms with van der Waals surface area (Å²) in [5.74, 6) is 1.01. The van der Waals surface area contributed by atoms with E-state index in [9.17, 15) is 0 Å². The number of pyridine rings is 1. The van der Waals surface area contributed by atoms with Crippen LogP contribution in [0.3, 0.4) is 0 Å². The molecule has 1 aromatic heterocycles. The average Bonchev–Trinajstić information content (AvgIpc) is 2.34. The van der Waals surface area contributed by atoms with Gasteiger partial charge >= 0.3 is 0 Å². The summed E-state index contributed by atoms with van der Waals surface area (Å²) in [5.41, 5.74) is 1.18. The van der Waals surface area contributed by atoms with E-state index >= 15 is 0 Å². The normalized spacial score (nSPS) is 12.0. The number of nitrogens with zero attached hydrogens (tertiary/aromatic N) is 2. The molecule has 0 unspecified atom stereocenters. The number of hydrogen-bond donors (Lipinski definition) is 1. The summed E-state index contributed by atoms with van der Waals surface area (Å²) >= 11 is 6.27. The van der Waals surface area contributed by atoms with E-state index in [-0.39, 0.29) is 5.54 Å². The Bertz CT molecular complexity index is 424. The lowest BCUT2D eigenvalue weighted by Gasteiger charge is -2.28. The molecule has 0 amide bonds. The Morgan fingerprint density at radius 1 is 1.35 bits per heavy atom. The number of nitrogens with one attached hydrogen (secondary N) is 1. The van der Waals surface area contributed by atoms with Gasteiger partial charge in [0.1, 0.15) is 5.82 Å². The van der Waals surface area contributed by atoms with Crippen molar-refractivity contribution in [2.24, 2.45) is 0 Å². The third-order valence-electron chi connectivity index (χ3n) is 3.11. The molecule has 1 aromatic rings. The van der Waals surface area contributed by atoms with Gasteiger partial charge in [-0.15, -0.1) is 0 Å². The molecule has 0 fully saturated rings. The van der Waals surface area contributed by atoms with Crippen LogP contribution in [0, 0.1) is 0 Å². The van der Waals surface area contributed by atoms with Crippen LogP contribution in [-0.4, -0.2) is 23.1 Å². The van der Waals surface area contributed by atoms with E-state index in [1.54, 1.807) is 6.20 Å². The molecule has 3 nitrogen and oxygen atoms in total. The van der Waals surface area contributed by atoms with Gasteiger partial charge in [-0.05, 0) is 52.7 Å². The summed E-state index contributed by atoms with van der Waals surface area (Å²) in [5, 5.41) is 4.20. The number of anilines is 1. The van der Waals surface area contributed by atoms with E-state index in [4.69, 9.17) is 11.6 Å². The highest BCUT2D eigenvalue weighted by Gasteiger charge is 2.14. The molecule has 0 aliphatic carbocycles. The fourth-order valence-electron chi connectivity index (χ4n) is 2.00. The smallest absolute Gasteiger partial charge is 0.129 e. The Morgan fingerprint density at radius 3 is 2.50 bits per heavy atom. The maximum atomic E-state index is 6.27. The third kappa shape index (κ3) is 5.29. The molecular weight excluding hydrogens is 270 g/mol. The van der Waals surface area contributed by atoms with Gasteiger partial charge in [0, 0.05) is 30.9 Å². The van der Waals surface area contributed by atoms with Crippen molar-refractivity contribution < 1.29 is 0 Å². The first kappa shape index (κ1) is 17.3. The predicted molar refractivity (Wildman–Crippen MR) is 88.6 cm³/mol. The lowest BCUT2D eigenvalue weighted by molar-refractivity contribution is 0.424. The average molecular weight is 298 g/mol. The quantitative estimate of drug-likeness (QED) is 0.851. The second-order valence-corrected chi connectivity index (χ2v) is 6.93. The fourth-order valence-corrected chi connectivity index (χ4v) is 2.17. The van der Waals surface area contributed by atoms with Crippen molar-refractivity contribution in [1.82, 2.24) is 10.3 Å². The van der Waals surface area contributed by atoms with Gasteiger partial charge in [-0.25, -0.2) is 4.98 Å². The molecule has 1 rings (SSSR count). The molecular formula is C16H28ClN3. The number of rotatable bonds is 6. The van der Waals surface area contributed by atoms with Crippen LogP contribution in [0.2, 0.25) is 5.02 Å². The molecule has 0 radical (unpaired) electrons. The second-order valence-electron chi connectivity index (χ2n) is 6.52. The maximum Gasteiger partial charge on any atom is 0.129 e. The topological polar surface area (TPSA) is 28.2 Å². The van der Waals surface area contributed by atoms with Crippen LogP contribution < -0.4 is 10.2 Å². The van der Waals surface area contributed by atoms with E-state index in [0.717, 1.165) is 35.9 Å². The minimum absolute atomic E-state index is 0.0773. The highest BCUT2D eigenvalue weighted by Crippen LogP contribution is 2.22. The summed E-state index contributed by atoms with van der Waals surface area (Å²) in [4.78, 5) is 6.81. The number of aromatic nitrogens is 1. The fraction of sp³-hybridized carbons (Fsp3) is 0.688. The third-order valence-corrected chi connectivity index (χ3v) is 3.45. The van der Waals surface area contributed by atoms with E-state index in [0.29, 0.717) is 6.04 Å². The first-order valence-electron chi connectivity index (χ1n) is 7.40. The number of halogens is 1. The van der Waals surface area contributed by atoms with Gasteiger partial charge < -0.3 is 10.2 Å². The minimum atomic E-state index is 0.0773. The van der Waals surface area contributed by atoms with Gasteiger partial charge in [0.15, 0.2) is 0 Å². The van der Waals surface area contributed by atoms with Crippen molar-refractivity contribution >= 4 is 17.4 Å². The van der Waals surface area contributed by atoms with E-state index in [1.807, 2.05) is 0 Å². The first-order chi connectivity index (χ1) is 9.24. The van der Waals surface area contributed by atoms with Crippen LogP contribution in [0.5, 0.6) is 0 Å². The molecule has 20 heavy (non-hydrogen) atoms. The first-order valence-corrected chi connectivity index (χ1v) is 7.78. The molecule has 0 spiro atoms. The van der Waals surface area contributed by atoms with Gasteiger partial charge in [-0.3, -0.25) is 0 Å². The highest BCUT2D eigenvalue weighted by molar-refractivity contribution is 6.31. The molecule has 0 saturated heterocycles. The van der Waals surface area contributed by atoms with E-state index in [2.05, 4.69) is 62.8 Å². The Hall–Kier alpha value is -0.800. The zero-order valence-electron chi connectivity index (χ0n) is 13.6. The Morgan fingerprint density at radius 2 is 2.00 bits per heavy atom. The highest BCUT2D eigenvalue weighted by atomic mass is 35.5. The Kier molecular flexibility index (Phi) is 6.28. The molecule has 1 heterocycles. The summed E-state index contributed by atoms with van der Waals surface area (Å²) in [6.07, 6.45) is 2.87. The minimum Gasteiger partial charge on any atom is -0.354 e. The van der Waals surface area contributed by atoms with Crippen LogP contribution in [0.4, 0.5) is 5.82 Å². The molecule has 114 valence electrons. The van der Waals surface area contributed by atoms with Gasteiger partial charge in [0.25, 0.3) is 0 Å². The zero-order valence-corrected chi connectivity index (χ0v) is 14.4. The van der Waals surface area contributed by atoms with Gasteiger partial charge in [0.2, 0.25) is 0 Å². The predicted octanol–water partition coefficient (Wildman–Crippen LogP) is 4.25. The molecule has 4 heteroatoms. The van der Waals surface area contributed by atoms with Crippen molar-refractivity contribution in [1.29, 1.82) is 0 Å². The summed E-state index contributed by atoms with van der Waals surface area (Å²) < 4.78 is 0. The largest absolute Gasteiger partial charge is 0.354 e. The molecule has 0 atom stereocenters. The van der Waals surface area contributed by atoms with Crippen molar-refractivity contribution in [2.75, 3.05) is 11.4 Å². The van der Waals surface area contributed by atoms with Crippen LogP contribution in [0.1, 0.15) is 53.5 Å². The van der Waals surface area contributed by atoms with Crippen molar-refractivity contribution in [3.8, 4) is 0 Å². The number of hydrogen-bond acceptors (Lipinski definition) is 3. The van der Waals surface area contributed by atoms with Gasteiger partial charge in [0.05, 0.1) is 5.02 Å². The molecule has 0 saturated carbocycles. The van der Waals surface area contributed by atoms with Crippen molar-refractivity contribution in [3.05, 3.63) is 22.8 Å². The molecule has 1 N–H and O–H groups in total. The monoisotopic (exact) mass is 297 g/mol. The van der Waals surface area contributed by atoms with E-state index < -0.39 is 0 Å². The van der Waals surface area contributed by atoms with Gasteiger partial charge in [-0.2, -0.15) is 0 Å². The zero-order chi connectivity index (χ0) is 15.3. The standard InChI is InChI=1S/C16H28ClN3/c1-7-8-20(12(2)3)15-9-13(14(17)11-18-15)10-19-16(4,5)6/h9,11-12,19H,7-8,10H2,1-6H3. The maximum absolute atomic E-state index is 6.27. The summed E-state index contributed by atoms with van der Waals surface area (Å²) in [7, 11) is 0. The molecule has 0 bridgehead atoms. The van der Waals surface area contributed by atoms with E-state index in [1.165, 1.54) is 0 Å². The van der Waals surface area contributed by atoms with Crippen LogP contribution in [0.15, 0.2) is 12.3 Å². The molecule has 0 aliphatic rings. The Labute approximate surface area is 128 Å². The summed E-state index contributed by atoms with van der Waals surface area (Å²) in [6.45, 7) is 14.8. The molecule has 0 aliphatic heterocycles. The molecule has 0 aromatic carbocycles. The second kappa shape index (κ2) is 7.28. The van der Waals surface area contributed by atoms with Crippen molar-refractivity contribution in [2.45, 2.75) is 66.1 Å². The van der Waals surface area contributed by atoms with Crippen LogP contribution in [0.25, 0.3) is 0 Å². The van der Waals surface area contributed by atoms with Crippen LogP contribution in [-0.2, 0) is 6.54 Å². The lowest BCUT2D eigenvalue weighted by Crippen LogP contribution is -2.35. The van der Waals surface area contributed by atoms with Gasteiger partial charge in [-0.1, -0.05) is 18.5 Å². The van der Waals surface area contributed by atoms with Crippen molar-refractivity contribution in [3.63, 3.8) is 0 Å². The SMILES string of the molecule is CCCN(c1cc(CNC(C)(C)C)c(Cl)cn1)C(C)C. The Balaban J connectivity index is 2.94. The lowest BCUT2D eigenvalue weighted by atomic mass is 10.1.